The predicted molar refractivity (Wildman–Crippen MR) is 109 cm³/mol. The number of carbonyl (C=O) groups excluding carboxylic acids is 1. The number of benzene rings is 2. The Balaban J connectivity index is 0.00000117. The van der Waals surface area contributed by atoms with Gasteiger partial charge in [-0.1, -0.05) is 64.4 Å². The van der Waals surface area contributed by atoms with E-state index in [2.05, 4.69) is 26.0 Å². The van der Waals surface area contributed by atoms with Crippen molar-refractivity contribution in [2.24, 2.45) is 5.92 Å². The Labute approximate surface area is 158 Å². The number of hydrogen-bond donors (Lipinski definition) is 0. The summed E-state index contributed by atoms with van der Waals surface area (Å²) >= 11 is 0. The van der Waals surface area contributed by atoms with Gasteiger partial charge in [-0.3, -0.25) is 4.79 Å². The van der Waals surface area contributed by atoms with Gasteiger partial charge in [0.1, 0.15) is 12.4 Å². The maximum Gasteiger partial charge on any atom is 0.153 e. The van der Waals surface area contributed by atoms with E-state index in [9.17, 15) is 4.79 Å². The van der Waals surface area contributed by atoms with Gasteiger partial charge in [0, 0.05) is 0 Å². The summed E-state index contributed by atoms with van der Waals surface area (Å²) in [6, 6.07) is 14.3. The van der Waals surface area contributed by atoms with Gasteiger partial charge in [-0.25, -0.2) is 0 Å². The van der Waals surface area contributed by atoms with Crippen LogP contribution in [0.1, 0.15) is 79.9 Å². The van der Waals surface area contributed by atoms with E-state index in [1.807, 2.05) is 44.2 Å². The van der Waals surface area contributed by atoms with E-state index in [1.165, 1.54) is 24.0 Å². The number of rotatable bonds is 6. The standard InChI is InChI=1S/C22H26O2.C2H6/c1-3-17-10-11-18-12-19(14-23)22(13-21(18)20(17)4-2)24-15-16-8-6-5-7-9-16;1-2/h5-9,12-14,17,20H,3-4,10-11,15H2,1-2H3;1-2H3. The van der Waals surface area contributed by atoms with Crippen LogP contribution in [0.3, 0.4) is 0 Å². The van der Waals surface area contributed by atoms with Crippen LogP contribution < -0.4 is 4.74 Å². The van der Waals surface area contributed by atoms with Gasteiger partial charge >= 0.3 is 0 Å². The maximum absolute atomic E-state index is 11.5. The fourth-order valence-corrected chi connectivity index (χ4v) is 4.01. The van der Waals surface area contributed by atoms with E-state index >= 15 is 0 Å². The Kier molecular flexibility index (Phi) is 7.90. The normalized spacial score (nSPS) is 18.3. The van der Waals surface area contributed by atoms with Crippen molar-refractivity contribution in [2.75, 3.05) is 0 Å². The minimum Gasteiger partial charge on any atom is -0.488 e. The third-order valence-corrected chi connectivity index (χ3v) is 5.35. The monoisotopic (exact) mass is 352 g/mol. The number of aldehydes is 1. The van der Waals surface area contributed by atoms with Gasteiger partial charge in [-0.2, -0.15) is 0 Å². The van der Waals surface area contributed by atoms with Gasteiger partial charge in [-0.05, 0) is 59.9 Å². The molecule has 0 aromatic heterocycles. The van der Waals surface area contributed by atoms with Crippen LogP contribution in [0, 0.1) is 5.92 Å². The van der Waals surface area contributed by atoms with E-state index in [-0.39, 0.29) is 0 Å². The Morgan fingerprint density at radius 3 is 2.42 bits per heavy atom. The van der Waals surface area contributed by atoms with Gasteiger partial charge in [0.15, 0.2) is 6.29 Å². The lowest BCUT2D eigenvalue weighted by Gasteiger charge is -2.33. The molecule has 2 aromatic rings. The summed E-state index contributed by atoms with van der Waals surface area (Å²) in [5.74, 6) is 2.05. The highest BCUT2D eigenvalue weighted by Crippen LogP contribution is 2.42. The fraction of sp³-hybridized carbons (Fsp3) is 0.458. The van der Waals surface area contributed by atoms with Gasteiger partial charge in [0.05, 0.1) is 5.56 Å². The molecule has 2 atom stereocenters. The first kappa shape index (κ1) is 20.2. The molecule has 2 aromatic carbocycles. The van der Waals surface area contributed by atoms with Crippen molar-refractivity contribution in [3.63, 3.8) is 0 Å². The van der Waals surface area contributed by atoms with Crippen LogP contribution in [-0.4, -0.2) is 6.29 Å². The topological polar surface area (TPSA) is 26.3 Å². The van der Waals surface area contributed by atoms with Gasteiger partial charge in [0.2, 0.25) is 0 Å². The molecule has 0 spiro atoms. The molecule has 2 unspecified atom stereocenters. The van der Waals surface area contributed by atoms with Crippen molar-refractivity contribution in [3.8, 4) is 5.75 Å². The SMILES string of the molecule is CC.CCC1CCc2cc(C=O)c(OCc3ccccc3)cc2C1CC. The van der Waals surface area contributed by atoms with E-state index in [1.54, 1.807) is 0 Å². The van der Waals surface area contributed by atoms with Crippen LogP contribution in [-0.2, 0) is 13.0 Å². The zero-order valence-electron chi connectivity index (χ0n) is 16.6. The largest absolute Gasteiger partial charge is 0.488 e. The van der Waals surface area contributed by atoms with Crippen LogP contribution in [0.4, 0.5) is 0 Å². The number of hydrogen-bond acceptors (Lipinski definition) is 2. The van der Waals surface area contributed by atoms with Crippen molar-refractivity contribution < 1.29 is 9.53 Å². The minimum atomic E-state index is 0.495. The highest BCUT2D eigenvalue weighted by atomic mass is 16.5. The molecule has 2 heteroatoms. The van der Waals surface area contributed by atoms with Crippen LogP contribution in [0.15, 0.2) is 42.5 Å². The van der Waals surface area contributed by atoms with Crippen LogP contribution >= 0.6 is 0 Å². The summed E-state index contributed by atoms with van der Waals surface area (Å²) in [5.41, 5.74) is 4.52. The lowest BCUT2D eigenvalue weighted by Crippen LogP contribution is -2.20. The molecule has 1 aliphatic carbocycles. The molecular weight excluding hydrogens is 320 g/mol. The molecule has 0 saturated carbocycles. The Morgan fingerprint density at radius 1 is 1.08 bits per heavy atom. The van der Waals surface area contributed by atoms with Crippen molar-refractivity contribution in [1.82, 2.24) is 0 Å². The molecule has 0 fully saturated rings. The molecule has 140 valence electrons. The summed E-state index contributed by atoms with van der Waals surface area (Å²) in [6.45, 7) is 9.04. The van der Waals surface area contributed by atoms with Crippen LogP contribution in [0.5, 0.6) is 5.75 Å². The zero-order chi connectivity index (χ0) is 18.9. The summed E-state index contributed by atoms with van der Waals surface area (Å²) in [6.07, 6.45) is 5.58. The summed E-state index contributed by atoms with van der Waals surface area (Å²) in [4.78, 5) is 11.5. The third-order valence-electron chi connectivity index (χ3n) is 5.35. The lowest BCUT2D eigenvalue weighted by atomic mass is 9.72. The van der Waals surface area contributed by atoms with Crippen molar-refractivity contribution in [2.45, 2.75) is 65.9 Å². The molecule has 0 heterocycles. The smallest absolute Gasteiger partial charge is 0.153 e. The van der Waals surface area contributed by atoms with Crippen molar-refractivity contribution >= 4 is 6.29 Å². The molecule has 3 rings (SSSR count). The highest BCUT2D eigenvalue weighted by molar-refractivity contribution is 5.80. The van der Waals surface area contributed by atoms with Gasteiger partial charge in [-0.15, -0.1) is 0 Å². The number of aryl methyl sites for hydroxylation is 1. The first-order valence-corrected chi connectivity index (χ1v) is 10.1. The van der Waals surface area contributed by atoms with Gasteiger partial charge < -0.3 is 4.74 Å². The summed E-state index contributed by atoms with van der Waals surface area (Å²) in [5, 5.41) is 0. The van der Waals surface area contributed by atoms with Crippen LogP contribution in [0.25, 0.3) is 0 Å². The molecule has 0 radical (unpaired) electrons. The highest BCUT2D eigenvalue weighted by Gasteiger charge is 2.28. The molecule has 26 heavy (non-hydrogen) atoms. The maximum atomic E-state index is 11.5. The molecule has 0 N–H and O–H groups in total. The molecule has 2 nitrogen and oxygen atoms in total. The zero-order valence-corrected chi connectivity index (χ0v) is 16.6. The average Bonchev–Trinajstić information content (AvgIpc) is 2.72. The second-order valence-electron chi connectivity index (χ2n) is 6.70. The number of ether oxygens (including phenoxy) is 1. The summed E-state index contributed by atoms with van der Waals surface area (Å²) < 4.78 is 6.01. The molecule has 0 bridgehead atoms. The third kappa shape index (κ3) is 4.55. The molecule has 0 aliphatic heterocycles. The molecule has 0 saturated heterocycles. The Hall–Kier alpha value is -2.09. The van der Waals surface area contributed by atoms with Crippen molar-refractivity contribution in [1.29, 1.82) is 0 Å². The molecule has 1 aliphatic rings. The first-order valence-electron chi connectivity index (χ1n) is 10.1. The summed E-state index contributed by atoms with van der Waals surface area (Å²) in [7, 11) is 0. The molecule has 0 amide bonds. The second kappa shape index (κ2) is 10.2. The van der Waals surface area contributed by atoms with Crippen LogP contribution in [0.2, 0.25) is 0 Å². The number of carbonyl (C=O) groups is 1. The molecular formula is C24H32O2. The predicted octanol–water partition coefficient (Wildman–Crippen LogP) is 6.57. The Bertz CT molecular complexity index is 691. The average molecular weight is 353 g/mol. The van der Waals surface area contributed by atoms with E-state index < -0.39 is 0 Å². The Morgan fingerprint density at radius 2 is 1.81 bits per heavy atom. The second-order valence-corrected chi connectivity index (χ2v) is 6.70. The number of fused-ring (bicyclic) bond motifs is 1. The van der Waals surface area contributed by atoms with E-state index in [0.717, 1.165) is 36.4 Å². The van der Waals surface area contributed by atoms with Gasteiger partial charge in [0.25, 0.3) is 0 Å². The van der Waals surface area contributed by atoms with Crippen molar-refractivity contribution in [3.05, 3.63) is 64.7 Å². The fourth-order valence-electron chi connectivity index (χ4n) is 4.01. The van der Waals surface area contributed by atoms with E-state index in [4.69, 9.17) is 4.74 Å². The lowest BCUT2D eigenvalue weighted by molar-refractivity contribution is 0.111. The minimum absolute atomic E-state index is 0.495. The first-order chi connectivity index (χ1) is 12.8. The quantitative estimate of drug-likeness (QED) is 0.550. The van der Waals surface area contributed by atoms with E-state index in [0.29, 0.717) is 18.1 Å².